The Morgan fingerprint density at radius 1 is 1.00 bits per heavy atom. The lowest BCUT2D eigenvalue weighted by molar-refractivity contribution is 0.429. The fourth-order valence-electron chi connectivity index (χ4n) is 2.54. The fourth-order valence-corrected chi connectivity index (χ4v) is 2.54. The number of aromatic nitrogens is 3. The quantitative estimate of drug-likeness (QED) is 0.852. The molecule has 0 saturated heterocycles. The summed E-state index contributed by atoms with van der Waals surface area (Å²) in [7, 11) is 0. The zero-order valence-electron chi connectivity index (χ0n) is 9.89. The van der Waals surface area contributed by atoms with E-state index < -0.39 is 0 Å². The van der Waals surface area contributed by atoms with Crippen LogP contribution in [0.5, 0.6) is 0 Å². The molecule has 1 aromatic heterocycles. The van der Waals surface area contributed by atoms with Gasteiger partial charge in [0, 0.05) is 11.5 Å². The van der Waals surface area contributed by atoms with Crippen LogP contribution in [-0.4, -0.2) is 15.2 Å². The number of nitrogens with zero attached hydrogens (tertiary/aromatic N) is 2. The molecule has 0 bridgehead atoms. The van der Waals surface area contributed by atoms with Crippen molar-refractivity contribution >= 4 is 0 Å². The van der Waals surface area contributed by atoms with Crippen molar-refractivity contribution in [2.45, 2.75) is 38.0 Å². The van der Waals surface area contributed by atoms with E-state index in [2.05, 4.69) is 27.3 Å². The zero-order chi connectivity index (χ0) is 11.5. The molecule has 88 valence electrons. The molecule has 0 spiro atoms. The number of H-pyrrole nitrogens is 1. The summed E-state index contributed by atoms with van der Waals surface area (Å²) in [5.74, 6) is 2.46. The third kappa shape index (κ3) is 2.23. The van der Waals surface area contributed by atoms with E-state index in [0.29, 0.717) is 5.92 Å². The number of hydrogen-bond donors (Lipinski definition) is 1. The normalized spacial score (nSPS) is 17.2. The van der Waals surface area contributed by atoms with Crippen molar-refractivity contribution in [2.75, 3.05) is 0 Å². The van der Waals surface area contributed by atoms with Gasteiger partial charge in [0.05, 0.1) is 0 Å². The summed E-state index contributed by atoms with van der Waals surface area (Å²) < 4.78 is 0. The molecule has 17 heavy (non-hydrogen) atoms. The third-order valence-electron chi connectivity index (χ3n) is 3.52. The van der Waals surface area contributed by atoms with Gasteiger partial charge in [-0.25, -0.2) is 4.98 Å². The molecule has 1 aliphatic carbocycles. The molecule has 0 atom stereocenters. The van der Waals surface area contributed by atoms with Gasteiger partial charge < -0.3 is 0 Å². The smallest absolute Gasteiger partial charge is 0.155 e. The van der Waals surface area contributed by atoms with Gasteiger partial charge in [-0.2, -0.15) is 5.10 Å². The highest BCUT2D eigenvalue weighted by Gasteiger charge is 2.19. The Hall–Kier alpha value is -1.64. The van der Waals surface area contributed by atoms with Gasteiger partial charge in [0.15, 0.2) is 11.6 Å². The van der Waals surface area contributed by atoms with Crippen molar-refractivity contribution in [3.8, 4) is 11.4 Å². The summed E-state index contributed by atoms with van der Waals surface area (Å²) in [6, 6.07) is 10.2. The first kappa shape index (κ1) is 10.5. The highest BCUT2D eigenvalue weighted by molar-refractivity contribution is 5.53. The van der Waals surface area contributed by atoms with E-state index in [0.717, 1.165) is 17.2 Å². The standard InChI is InChI=1S/C14H17N3/c1-3-7-11(8-4-1)13-15-14(17-16-13)12-9-5-2-6-10-12/h1,3-4,7-8,12H,2,5-6,9-10H2,(H,15,16,17). The molecule has 1 heterocycles. The Morgan fingerprint density at radius 3 is 2.53 bits per heavy atom. The highest BCUT2D eigenvalue weighted by atomic mass is 15.2. The molecular weight excluding hydrogens is 210 g/mol. The second-order valence-corrected chi connectivity index (χ2v) is 4.74. The van der Waals surface area contributed by atoms with Crippen molar-refractivity contribution in [1.29, 1.82) is 0 Å². The summed E-state index contributed by atoms with van der Waals surface area (Å²) in [5.41, 5.74) is 1.11. The van der Waals surface area contributed by atoms with Crippen molar-refractivity contribution in [2.24, 2.45) is 0 Å². The molecule has 3 nitrogen and oxygen atoms in total. The molecule has 0 unspecified atom stereocenters. The fraction of sp³-hybridized carbons (Fsp3) is 0.429. The second kappa shape index (κ2) is 4.70. The number of hydrogen-bond acceptors (Lipinski definition) is 2. The largest absolute Gasteiger partial charge is 0.259 e. The van der Waals surface area contributed by atoms with Crippen molar-refractivity contribution < 1.29 is 0 Å². The summed E-state index contributed by atoms with van der Waals surface area (Å²) in [5, 5.41) is 7.44. The van der Waals surface area contributed by atoms with Crippen LogP contribution < -0.4 is 0 Å². The van der Waals surface area contributed by atoms with Gasteiger partial charge in [-0.15, -0.1) is 0 Å². The molecule has 0 radical (unpaired) electrons. The van der Waals surface area contributed by atoms with Crippen LogP contribution in [0.25, 0.3) is 11.4 Å². The van der Waals surface area contributed by atoms with Crippen LogP contribution in [-0.2, 0) is 0 Å². The Kier molecular flexibility index (Phi) is 2.90. The molecular formula is C14H17N3. The van der Waals surface area contributed by atoms with E-state index in [9.17, 15) is 0 Å². The minimum atomic E-state index is 0.567. The molecule has 1 aromatic carbocycles. The van der Waals surface area contributed by atoms with Gasteiger partial charge in [-0.3, -0.25) is 5.10 Å². The molecule has 3 rings (SSSR count). The van der Waals surface area contributed by atoms with Crippen molar-refractivity contribution in [1.82, 2.24) is 15.2 Å². The summed E-state index contributed by atoms with van der Waals surface area (Å²) in [6.07, 6.45) is 6.49. The lowest BCUT2D eigenvalue weighted by atomic mass is 9.89. The Labute approximate surface area is 101 Å². The molecule has 1 N–H and O–H groups in total. The van der Waals surface area contributed by atoms with Gasteiger partial charge in [0.25, 0.3) is 0 Å². The van der Waals surface area contributed by atoms with Gasteiger partial charge in [0.1, 0.15) is 0 Å². The molecule has 1 fully saturated rings. The Bertz CT molecular complexity index is 469. The topological polar surface area (TPSA) is 41.6 Å². The second-order valence-electron chi connectivity index (χ2n) is 4.74. The van der Waals surface area contributed by atoms with Gasteiger partial charge >= 0.3 is 0 Å². The van der Waals surface area contributed by atoms with Gasteiger partial charge in [0.2, 0.25) is 0 Å². The van der Waals surface area contributed by atoms with Crippen LogP contribution in [0, 0.1) is 0 Å². The highest BCUT2D eigenvalue weighted by Crippen LogP contribution is 2.31. The predicted molar refractivity (Wildman–Crippen MR) is 67.6 cm³/mol. The minimum Gasteiger partial charge on any atom is -0.259 e. The summed E-state index contributed by atoms with van der Waals surface area (Å²) >= 11 is 0. The molecule has 0 aliphatic heterocycles. The van der Waals surface area contributed by atoms with Crippen LogP contribution in [0.2, 0.25) is 0 Å². The van der Waals surface area contributed by atoms with E-state index in [4.69, 9.17) is 0 Å². The van der Waals surface area contributed by atoms with E-state index in [1.807, 2.05) is 18.2 Å². The van der Waals surface area contributed by atoms with Crippen molar-refractivity contribution in [3.05, 3.63) is 36.2 Å². The first-order valence-electron chi connectivity index (χ1n) is 6.41. The average molecular weight is 227 g/mol. The number of aromatic amines is 1. The number of rotatable bonds is 2. The lowest BCUT2D eigenvalue weighted by Gasteiger charge is -2.17. The lowest BCUT2D eigenvalue weighted by Crippen LogP contribution is -2.06. The van der Waals surface area contributed by atoms with Gasteiger partial charge in [-0.1, -0.05) is 49.6 Å². The Balaban J connectivity index is 1.83. The van der Waals surface area contributed by atoms with E-state index in [1.165, 1.54) is 32.1 Å². The maximum absolute atomic E-state index is 4.64. The maximum Gasteiger partial charge on any atom is 0.155 e. The first-order valence-corrected chi connectivity index (χ1v) is 6.41. The van der Waals surface area contributed by atoms with E-state index in [-0.39, 0.29) is 0 Å². The Morgan fingerprint density at radius 2 is 1.76 bits per heavy atom. The summed E-state index contributed by atoms with van der Waals surface area (Å²) in [6.45, 7) is 0. The number of benzene rings is 1. The van der Waals surface area contributed by atoms with Crippen LogP contribution in [0.4, 0.5) is 0 Å². The maximum atomic E-state index is 4.64. The van der Waals surface area contributed by atoms with E-state index in [1.54, 1.807) is 0 Å². The summed E-state index contributed by atoms with van der Waals surface area (Å²) in [4.78, 5) is 4.64. The molecule has 0 amide bonds. The van der Waals surface area contributed by atoms with Gasteiger partial charge in [-0.05, 0) is 12.8 Å². The van der Waals surface area contributed by atoms with Crippen LogP contribution in [0.1, 0.15) is 43.8 Å². The molecule has 3 heteroatoms. The average Bonchev–Trinajstić information content (AvgIpc) is 2.90. The monoisotopic (exact) mass is 227 g/mol. The SMILES string of the molecule is c1ccc(-c2nc(C3CCCCC3)n[nH]2)cc1. The van der Waals surface area contributed by atoms with E-state index >= 15 is 0 Å². The van der Waals surface area contributed by atoms with Crippen molar-refractivity contribution in [3.63, 3.8) is 0 Å². The zero-order valence-corrected chi connectivity index (χ0v) is 9.89. The molecule has 1 aliphatic rings. The van der Waals surface area contributed by atoms with Crippen LogP contribution in [0.15, 0.2) is 30.3 Å². The molecule has 1 saturated carbocycles. The predicted octanol–water partition coefficient (Wildman–Crippen LogP) is 3.52. The van der Waals surface area contributed by atoms with Crippen LogP contribution >= 0.6 is 0 Å². The van der Waals surface area contributed by atoms with Crippen LogP contribution in [0.3, 0.4) is 0 Å². The number of nitrogens with one attached hydrogen (secondary N) is 1. The minimum absolute atomic E-state index is 0.567. The molecule has 2 aromatic rings. The first-order chi connectivity index (χ1) is 8.43. The third-order valence-corrected chi connectivity index (χ3v) is 3.52.